The van der Waals surface area contributed by atoms with Crippen molar-refractivity contribution in [2.45, 2.75) is 83.3 Å². The molecule has 2 unspecified atom stereocenters. The number of carbonyl (C=O) groups excluding carboxylic acids is 1. The van der Waals surface area contributed by atoms with Gasteiger partial charge in [0.25, 0.3) is 0 Å². The molecule has 0 heterocycles. The van der Waals surface area contributed by atoms with Crippen molar-refractivity contribution in [3.05, 3.63) is 24.3 Å². The second kappa shape index (κ2) is 12.9. The van der Waals surface area contributed by atoms with Crippen LogP contribution in [-0.4, -0.2) is 42.8 Å². The van der Waals surface area contributed by atoms with Crippen LogP contribution >= 0.6 is 0 Å². The number of rotatable bonds is 14. The predicted molar refractivity (Wildman–Crippen MR) is 111 cm³/mol. The van der Waals surface area contributed by atoms with Crippen LogP contribution in [0.25, 0.3) is 0 Å². The Morgan fingerprint density at radius 2 is 2.00 bits per heavy atom. The van der Waals surface area contributed by atoms with Crippen LogP contribution in [0.2, 0.25) is 0 Å². The molecule has 1 saturated carbocycles. The molecule has 0 amide bonds. The molecule has 5 heteroatoms. The van der Waals surface area contributed by atoms with Crippen molar-refractivity contribution < 1.29 is 24.2 Å². The molecule has 0 saturated heterocycles. The van der Waals surface area contributed by atoms with Gasteiger partial charge in [0.15, 0.2) is 5.60 Å². The Morgan fingerprint density at radius 3 is 2.61 bits per heavy atom. The Morgan fingerprint density at radius 1 is 1.25 bits per heavy atom. The van der Waals surface area contributed by atoms with E-state index in [9.17, 15) is 14.7 Å². The lowest BCUT2D eigenvalue weighted by Crippen LogP contribution is -2.49. The lowest BCUT2D eigenvalue weighted by atomic mass is 9.90. The van der Waals surface area contributed by atoms with Gasteiger partial charge in [0, 0.05) is 26.6 Å². The zero-order valence-corrected chi connectivity index (χ0v) is 18.0. The van der Waals surface area contributed by atoms with Crippen molar-refractivity contribution in [2.75, 3.05) is 14.2 Å². The summed E-state index contributed by atoms with van der Waals surface area (Å²) in [5.41, 5.74) is -1.40. The Balaban J connectivity index is 2.54. The van der Waals surface area contributed by atoms with Gasteiger partial charge in [-0.05, 0) is 44.9 Å². The summed E-state index contributed by atoms with van der Waals surface area (Å²) < 4.78 is 10.5. The van der Waals surface area contributed by atoms with Gasteiger partial charge in [-0.1, -0.05) is 50.5 Å². The van der Waals surface area contributed by atoms with E-state index in [0.717, 1.165) is 12.8 Å². The molecule has 28 heavy (non-hydrogen) atoms. The lowest BCUT2D eigenvalue weighted by molar-refractivity contribution is -0.176. The fourth-order valence-electron chi connectivity index (χ4n) is 3.80. The number of ether oxygens (including phenoxy) is 2. The summed E-state index contributed by atoms with van der Waals surface area (Å²) in [5, 5.41) is 9.40. The number of methoxy groups -OCH3 is 2. The summed E-state index contributed by atoms with van der Waals surface area (Å²) in [4.78, 5) is 23.7. The van der Waals surface area contributed by atoms with Crippen molar-refractivity contribution >= 4 is 11.8 Å². The second-order valence-electron chi connectivity index (χ2n) is 7.84. The maximum atomic E-state index is 12.2. The topological polar surface area (TPSA) is 72.8 Å². The zero-order valence-electron chi connectivity index (χ0n) is 18.0. The maximum Gasteiger partial charge on any atom is 0.338 e. The summed E-state index contributed by atoms with van der Waals surface area (Å²) >= 11 is 0. The van der Waals surface area contributed by atoms with Crippen molar-refractivity contribution in [3.63, 3.8) is 0 Å². The van der Waals surface area contributed by atoms with E-state index in [1.54, 1.807) is 0 Å². The van der Waals surface area contributed by atoms with Crippen LogP contribution in [0.1, 0.15) is 71.6 Å². The number of carboxylic acid groups (broad SMARTS) is 1. The quantitative estimate of drug-likeness (QED) is 0.333. The van der Waals surface area contributed by atoms with Crippen LogP contribution in [-0.2, 0) is 19.1 Å². The van der Waals surface area contributed by atoms with Gasteiger partial charge in [-0.2, -0.15) is 0 Å². The molecule has 0 aliphatic heterocycles. The Hall–Kier alpha value is -1.46. The largest absolute Gasteiger partial charge is 0.479 e. The van der Waals surface area contributed by atoms with Crippen LogP contribution in [0.3, 0.4) is 0 Å². The first-order chi connectivity index (χ1) is 13.4. The average molecular weight is 395 g/mol. The van der Waals surface area contributed by atoms with Crippen molar-refractivity contribution in [2.24, 2.45) is 11.8 Å². The minimum absolute atomic E-state index is 0.0393. The van der Waals surface area contributed by atoms with Gasteiger partial charge >= 0.3 is 5.97 Å². The summed E-state index contributed by atoms with van der Waals surface area (Å²) in [6.07, 6.45) is 16.6. The molecule has 0 radical (unpaired) electrons. The molecular weight excluding hydrogens is 356 g/mol. The van der Waals surface area contributed by atoms with Gasteiger partial charge in [-0.15, -0.1) is 0 Å². The van der Waals surface area contributed by atoms with E-state index in [4.69, 9.17) is 9.47 Å². The highest BCUT2D eigenvalue weighted by molar-refractivity contribution is 5.83. The molecule has 0 aromatic rings. The van der Waals surface area contributed by atoms with Gasteiger partial charge in [-0.3, -0.25) is 4.79 Å². The number of allylic oxidation sites excluding steroid dienone is 3. The second-order valence-corrected chi connectivity index (χ2v) is 7.84. The third-order valence-electron chi connectivity index (χ3n) is 5.92. The third kappa shape index (κ3) is 7.17. The van der Waals surface area contributed by atoms with Crippen molar-refractivity contribution in [1.29, 1.82) is 0 Å². The maximum absolute atomic E-state index is 12.2. The van der Waals surface area contributed by atoms with E-state index in [2.05, 4.69) is 19.1 Å². The van der Waals surface area contributed by atoms with Crippen molar-refractivity contribution in [3.8, 4) is 0 Å². The van der Waals surface area contributed by atoms with Crippen LogP contribution in [0, 0.1) is 11.8 Å². The smallest absolute Gasteiger partial charge is 0.338 e. The van der Waals surface area contributed by atoms with Crippen LogP contribution in [0.15, 0.2) is 24.3 Å². The molecule has 0 aromatic heterocycles. The molecule has 160 valence electrons. The number of carbonyl (C=O) groups is 2. The Bertz CT molecular complexity index is 539. The summed E-state index contributed by atoms with van der Waals surface area (Å²) in [7, 11) is 2.86. The van der Waals surface area contributed by atoms with Crippen LogP contribution in [0.5, 0.6) is 0 Å². The molecule has 0 aromatic carbocycles. The SMILES string of the molecule is CCCCCC/C=C/[C@H]1CCC(=O)[C@@H]1C/C=C\CC(OC)C(C)(OC)C(=O)O. The molecule has 0 spiro atoms. The number of hydrogen-bond acceptors (Lipinski definition) is 4. The van der Waals surface area contributed by atoms with Gasteiger partial charge in [-0.25, -0.2) is 4.79 Å². The molecule has 5 nitrogen and oxygen atoms in total. The van der Waals surface area contributed by atoms with Crippen LogP contribution in [0.4, 0.5) is 0 Å². The van der Waals surface area contributed by atoms with E-state index >= 15 is 0 Å². The van der Waals surface area contributed by atoms with Gasteiger partial charge in [0.2, 0.25) is 0 Å². The standard InChI is InChI=1S/C23H38O5/c1-5-6-7-8-9-10-13-18-16-17-20(24)19(18)14-11-12-15-21(27-3)23(2,28-4)22(25)26/h10-13,18-19,21H,5-9,14-17H2,1-4H3,(H,25,26)/b12-11-,13-10+/t18-,19+,21?,23?/m0/s1. The summed E-state index contributed by atoms with van der Waals surface area (Å²) in [6, 6.07) is 0. The molecule has 1 aliphatic rings. The molecule has 1 aliphatic carbocycles. The number of Topliss-reactive ketones (excluding diaryl/α,β-unsaturated/α-hetero) is 1. The van der Waals surface area contributed by atoms with Gasteiger partial charge < -0.3 is 14.6 Å². The Kier molecular flexibility index (Phi) is 11.3. The van der Waals surface area contributed by atoms with E-state index in [0.29, 0.717) is 31.0 Å². The first kappa shape index (κ1) is 24.6. The number of hydrogen-bond donors (Lipinski definition) is 1. The van der Waals surface area contributed by atoms with E-state index < -0.39 is 17.7 Å². The molecule has 1 rings (SSSR count). The normalized spacial score (nSPS) is 23.5. The number of aliphatic carboxylic acids is 1. The van der Waals surface area contributed by atoms with Gasteiger partial charge in [0.1, 0.15) is 11.9 Å². The fourth-order valence-corrected chi connectivity index (χ4v) is 3.80. The highest BCUT2D eigenvalue weighted by Gasteiger charge is 2.41. The van der Waals surface area contributed by atoms with E-state index in [1.165, 1.54) is 46.8 Å². The van der Waals surface area contributed by atoms with Gasteiger partial charge in [0.05, 0.1) is 0 Å². The predicted octanol–water partition coefficient (Wildman–Crippen LogP) is 4.95. The number of carboxylic acids is 1. The minimum atomic E-state index is -1.40. The lowest BCUT2D eigenvalue weighted by Gasteiger charge is -2.30. The Labute approximate surface area is 170 Å². The molecular formula is C23H38O5. The number of unbranched alkanes of at least 4 members (excludes halogenated alkanes) is 4. The highest BCUT2D eigenvalue weighted by Crippen LogP contribution is 2.33. The molecule has 0 bridgehead atoms. The number of ketones is 1. The molecule has 1 fully saturated rings. The zero-order chi connectivity index (χ0) is 21.0. The van der Waals surface area contributed by atoms with E-state index in [1.807, 2.05) is 12.2 Å². The van der Waals surface area contributed by atoms with Crippen molar-refractivity contribution in [1.82, 2.24) is 0 Å². The summed E-state index contributed by atoms with van der Waals surface area (Å²) in [6.45, 7) is 3.73. The third-order valence-corrected chi connectivity index (χ3v) is 5.92. The fraction of sp³-hybridized carbons (Fsp3) is 0.739. The first-order valence-corrected chi connectivity index (χ1v) is 10.6. The van der Waals surface area contributed by atoms with E-state index in [-0.39, 0.29) is 5.92 Å². The highest BCUT2D eigenvalue weighted by atomic mass is 16.6. The molecule has 1 N–H and O–H groups in total. The average Bonchev–Trinajstić information content (AvgIpc) is 3.03. The van der Waals surface area contributed by atoms with Crippen LogP contribution < -0.4 is 0 Å². The monoisotopic (exact) mass is 394 g/mol. The summed E-state index contributed by atoms with van der Waals surface area (Å²) in [5.74, 6) is -0.353. The first-order valence-electron chi connectivity index (χ1n) is 10.6. The molecule has 4 atom stereocenters. The minimum Gasteiger partial charge on any atom is -0.479 e.